The van der Waals surface area contributed by atoms with Crippen molar-refractivity contribution in [2.75, 3.05) is 14.2 Å². The molecule has 0 amide bonds. The van der Waals surface area contributed by atoms with Gasteiger partial charge < -0.3 is 14.8 Å². The van der Waals surface area contributed by atoms with Crippen molar-refractivity contribution in [3.63, 3.8) is 0 Å². The average Bonchev–Trinajstić information content (AvgIpc) is 2.43. The molecule has 0 aromatic heterocycles. The number of methoxy groups -OCH3 is 2. The third-order valence-corrected chi connectivity index (χ3v) is 3.49. The van der Waals surface area contributed by atoms with Crippen LogP contribution in [-0.2, 0) is 9.47 Å². The molecule has 0 heterocycles. The molecule has 1 aliphatic carbocycles. The summed E-state index contributed by atoms with van der Waals surface area (Å²) < 4.78 is 10.2. The lowest BCUT2D eigenvalue weighted by atomic mass is 9.96. The average molecular weight is 287 g/mol. The molecule has 2 N–H and O–H groups in total. The van der Waals surface area contributed by atoms with Gasteiger partial charge in [0.05, 0.1) is 0 Å². The first kappa shape index (κ1) is 16.3. The molecule has 19 heavy (non-hydrogen) atoms. The van der Waals surface area contributed by atoms with Gasteiger partial charge in [-0.3, -0.25) is 5.43 Å². The molecule has 5 nitrogen and oxygen atoms in total. The fourth-order valence-electron chi connectivity index (χ4n) is 2.16. The van der Waals surface area contributed by atoms with Crippen LogP contribution >= 0.6 is 12.2 Å². The molecule has 6 heteroatoms. The molecule has 0 spiro atoms. The smallest absolute Gasteiger partial charge is 0.187 e. The standard InChI is InChI=1S/C13H25N3O2S/c1-10(9-12(17-2)18-3)15-16-13(19)14-11-7-5-4-6-8-11/h11-12H,4-9H2,1-3H3,(H2,14,16,19)/b15-10-. The Morgan fingerprint density at radius 1 is 1.26 bits per heavy atom. The van der Waals surface area contributed by atoms with Crippen LogP contribution in [0.3, 0.4) is 0 Å². The minimum absolute atomic E-state index is 0.259. The summed E-state index contributed by atoms with van der Waals surface area (Å²) in [7, 11) is 3.23. The van der Waals surface area contributed by atoms with Gasteiger partial charge in [0.2, 0.25) is 0 Å². The van der Waals surface area contributed by atoms with E-state index >= 15 is 0 Å². The third kappa shape index (κ3) is 6.84. The lowest BCUT2D eigenvalue weighted by Crippen LogP contribution is -2.41. The number of ether oxygens (including phenoxy) is 2. The van der Waals surface area contributed by atoms with Crippen LogP contribution in [0.15, 0.2) is 5.10 Å². The van der Waals surface area contributed by atoms with Crippen molar-refractivity contribution >= 4 is 23.0 Å². The van der Waals surface area contributed by atoms with Gasteiger partial charge in [-0.05, 0) is 32.0 Å². The molecule has 110 valence electrons. The zero-order chi connectivity index (χ0) is 14.1. The number of nitrogens with one attached hydrogen (secondary N) is 2. The van der Waals surface area contributed by atoms with Crippen molar-refractivity contribution in [2.24, 2.45) is 5.10 Å². The quantitative estimate of drug-likeness (QED) is 0.339. The number of nitrogens with zero attached hydrogens (tertiary/aromatic N) is 1. The summed E-state index contributed by atoms with van der Waals surface area (Å²) in [6.07, 6.45) is 6.65. The van der Waals surface area contributed by atoms with E-state index in [-0.39, 0.29) is 6.29 Å². The van der Waals surface area contributed by atoms with E-state index in [2.05, 4.69) is 15.8 Å². The number of rotatable bonds is 6. The molecule has 0 saturated heterocycles. The van der Waals surface area contributed by atoms with E-state index in [9.17, 15) is 0 Å². The van der Waals surface area contributed by atoms with Crippen molar-refractivity contribution in [3.05, 3.63) is 0 Å². The highest BCUT2D eigenvalue weighted by Crippen LogP contribution is 2.17. The number of thiocarbonyl (C=S) groups is 1. The van der Waals surface area contributed by atoms with Crippen molar-refractivity contribution in [1.29, 1.82) is 0 Å². The zero-order valence-corrected chi connectivity index (χ0v) is 12.9. The Hall–Kier alpha value is -0.720. The molecule has 0 radical (unpaired) electrons. The minimum atomic E-state index is -0.259. The van der Waals surface area contributed by atoms with Crippen LogP contribution in [0, 0.1) is 0 Å². The van der Waals surface area contributed by atoms with Gasteiger partial charge in [0.1, 0.15) is 0 Å². The molecule has 1 saturated carbocycles. The third-order valence-electron chi connectivity index (χ3n) is 3.28. The van der Waals surface area contributed by atoms with Gasteiger partial charge in [0.15, 0.2) is 11.4 Å². The highest BCUT2D eigenvalue weighted by Gasteiger charge is 2.13. The number of hydrogen-bond donors (Lipinski definition) is 2. The molecular weight excluding hydrogens is 262 g/mol. The summed E-state index contributed by atoms with van der Waals surface area (Å²) in [6.45, 7) is 1.92. The summed E-state index contributed by atoms with van der Waals surface area (Å²) in [5.74, 6) is 0. The Morgan fingerprint density at radius 2 is 1.89 bits per heavy atom. The van der Waals surface area contributed by atoms with Crippen LogP contribution in [-0.4, -0.2) is 37.4 Å². The summed E-state index contributed by atoms with van der Waals surface area (Å²) in [4.78, 5) is 0. The highest BCUT2D eigenvalue weighted by atomic mass is 32.1. The molecule has 0 aromatic carbocycles. The Balaban J connectivity index is 2.27. The van der Waals surface area contributed by atoms with Gasteiger partial charge in [-0.25, -0.2) is 0 Å². The maximum absolute atomic E-state index is 5.23. The fraction of sp³-hybridized carbons (Fsp3) is 0.846. The first-order chi connectivity index (χ1) is 9.15. The van der Waals surface area contributed by atoms with Gasteiger partial charge in [0, 0.05) is 32.4 Å². The van der Waals surface area contributed by atoms with E-state index in [0.717, 1.165) is 5.71 Å². The molecule has 1 fully saturated rings. The van der Waals surface area contributed by atoms with Crippen LogP contribution in [0.25, 0.3) is 0 Å². The van der Waals surface area contributed by atoms with Crippen molar-refractivity contribution in [1.82, 2.24) is 10.7 Å². The molecule has 0 unspecified atom stereocenters. The largest absolute Gasteiger partial charge is 0.359 e. The van der Waals surface area contributed by atoms with Crippen molar-refractivity contribution in [2.45, 2.75) is 57.8 Å². The van der Waals surface area contributed by atoms with E-state index in [1.165, 1.54) is 32.1 Å². The van der Waals surface area contributed by atoms with E-state index in [1.807, 2.05) is 6.92 Å². The molecular formula is C13H25N3O2S. The van der Waals surface area contributed by atoms with E-state index < -0.39 is 0 Å². The predicted molar refractivity (Wildman–Crippen MR) is 81.3 cm³/mol. The number of hydrogen-bond acceptors (Lipinski definition) is 4. The Labute approximate surface area is 121 Å². The van der Waals surface area contributed by atoms with Gasteiger partial charge in [-0.2, -0.15) is 5.10 Å². The fourth-order valence-corrected chi connectivity index (χ4v) is 2.37. The van der Waals surface area contributed by atoms with E-state index in [1.54, 1.807) is 14.2 Å². The second-order valence-corrected chi connectivity index (χ2v) is 5.28. The van der Waals surface area contributed by atoms with Crippen LogP contribution in [0.1, 0.15) is 45.4 Å². The van der Waals surface area contributed by atoms with Gasteiger partial charge >= 0.3 is 0 Å². The van der Waals surface area contributed by atoms with Gasteiger partial charge in [0.25, 0.3) is 0 Å². The van der Waals surface area contributed by atoms with Crippen molar-refractivity contribution in [3.8, 4) is 0 Å². The Kier molecular flexibility index (Phi) is 7.93. The maximum atomic E-state index is 5.23. The molecule has 0 aromatic rings. The van der Waals surface area contributed by atoms with Gasteiger partial charge in [-0.15, -0.1) is 0 Å². The second-order valence-electron chi connectivity index (χ2n) is 4.87. The SMILES string of the molecule is COC(C/C(C)=N\NC(=S)NC1CCCCC1)OC. The summed E-state index contributed by atoms with van der Waals surface area (Å²) in [5, 5.41) is 8.13. The summed E-state index contributed by atoms with van der Waals surface area (Å²) in [6, 6.07) is 0.495. The predicted octanol–water partition coefficient (Wildman–Crippen LogP) is 2.17. The lowest BCUT2D eigenvalue weighted by molar-refractivity contribution is -0.0959. The normalized spacial score (nSPS) is 17.6. The van der Waals surface area contributed by atoms with Crippen LogP contribution in [0.2, 0.25) is 0 Å². The van der Waals surface area contributed by atoms with Crippen LogP contribution in [0.5, 0.6) is 0 Å². The van der Waals surface area contributed by atoms with Crippen LogP contribution < -0.4 is 10.7 Å². The maximum Gasteiger partial charge on any atom is 0.187 e. The first-order valence-corrected chi connectivity index (χ1v) is 7.21. The van der Waals surface area contributed by atoms with E-state index in [0.29, 0.717) is 17.6 Å². The molecule has 1 rings (SSSR count). The Bertz CT molecular complexity index is 300. The molecule has 0 atom stereocenters. The minimum Gasteiger partial charge on any atom is -0.359 e. The van der Waals surface area contributed by atoms with Crippen LogP contribution in [0.4, 0.5) is 0 Å². The highest BCUT2D eigenvalue weighted by molar-refractivity contribution is 7.80. The molecule has 0 aliphatic heterocycles. The zero-order valence-electron chi connectivity index (χ0n) is 12.1. The first-order valence-electron chi connectivity index (χ1n) is 6.81. The van der Waals surface area contributed by atoms with Gasteiger partial charge in [-0.1, -0.05) is 19.3 Å². The Morgan fingerprint density at radius 3 is 2.47 bits per heavy atom. The number of hydrazone groups is 1. The topological polar surface area (TPSA) is 54.9 Å². The van der Waals surface area contributed by atoms with E-state index in [4.69, 9.17) is 21.7 Å². The summed E-state index contributed by atoms with van der Waals surface area (Å²) in [5.41, 5.74) is 3.77. The monoisotopic (exact) mass is 287 g/mol. The molecule has 1 aliphatic rings. The second kappa shape index (κ2) is 9.23. The summed E-state index contributed by atoms with van der Waals surface area (Å²) >= 11 is 5.23. The molecule has 0 bridgehead atoms. The van der Waals surface area contributed by atoms with Crippen molar-refractivity contribution < 1.29 is 9.47 Å². The lowest BCUT2D eigenvalue weighted by Gasteiger charge is -2.23.